The van der Waals surface area contributed by atoms with E-state index in [-0.39, 0.29) is 29.2 Å². The highest BCUT2D eigenvalue weighted by Crippen LogP contribution is 2.36. The summed E-state index contributed by atoms with van der Waals surface area (Å²) in [5.41, 5.74) is 0. The molecule has 1 saturated carbocycles. The van der Waals surface area contributed by atoms with Crippen molar-refractivity contribution in [3.63, 3.8) is 0 Å². The molecule has 0 unspecified atom stereocenters. The Hall–Kier alpha value is -1.20. The van der Waals surface area contributed by atoms with E-state index in [1.54, 1.807) is 16.7 Å². The van der Waals surface area contributed by atoms with Gasteiger partial charge in [-0.15, -0.1) is 5.10 Å². The minimum absolute atomic E-state index is 0.0347. The molecule has 1 atom stereocenters. The van der Waals surface area contributed by atoms with Crippen LogP contribution in [-0.4, -0.2) is 83.0 Å². The lowest BCUT2D eigenvalue weighted by Crippen LogP contribution is -2.44. The first-order valence-electron chi connectivity index (χ1n) is 7.89. The minimum Gasteiger partial charge on any atom is -0.383 e. The van der Waals surface area contributed by atoms with Crippen LogP contribution in [0.3, 0.4) is 0 Å². The van der Waals surface area contributed by atoms with Crippen LogP contribution in [0.2, 0.25) is 0 Å². The van der Waals surface area contributed by atoms with Gasteiger partial charge in [-0.05, 0) is 29.7 Å². The molecule has 1 amide bonds. The number of thioether (sulfide) groups is 1. The maximum atomic E-state index is 12.6. The molecule has 0 aromatic carbocycles. The molecule has 134 valence electrons. The van der Waals surface area contributed by atoms with E-state index in [0.717, 1.165) is 12.8 Å². The fourth-order valence-electron chi connectivity index (χ4n) is 2.76. The number of rotatable bonds is 8. The standard InChI is InChI=1S/C13H21N5O4S2/c1-22-6-5-17(11-4-7-24(20,21)9-11)12(19)8-23-13-14-15-16-18(13)10-2-3-10/h10-11H,2-9H2,1H3/t11-/m0/s1. The molecule has 0 radical (unpaired) electrons. The monoisotopic (exact) mass is 375 g/mol. The zero-order valence-electron chi connectivity index (χ0n) is 13.5. The van der Waals surface area contributed by atoms with Crippen LogP contribution >= 0.6 is 11.8 Å². The van der Waals surface area contributed by atoms with E-state index < -0.39 is 9.84 Å². The van der Waals surface area contributed by atoms with Gasteiger partial charge in [0.05, 0.1) is 29.9 Å². The molecule has 1 aromatic heterocycles. The smallest absolute Gasteiger partial charge is 0.233 e. The molecule has 11 heteroatoms. The molecular formula is C13H21N5O4S2. The summed E-state index contributed by atoms with van der Waals surface area (Å²) in [5.74, 6) is 0.256. The number of hydrogen-bond donors (Lipinski definition) is 0. The van der Waals surface area contributed by atoms with E-state index >= 15 is 0 Å². The van der Waals surface area contributed by atoms with Crippen LogP contribution in [0, 0.1) is 0 Å². The van der Waals surface area contributed by atoms with Crippen LogP contribution in [0.25, 0.3) is 0 Å². The number of methoxy groups -OCH3 is 1. The number of ether oxygens (including phenoxy) is 1. The van der Waals surface area contributed by atoms with Gasteiger partial charge in [-0.25, -0.2) is 13.1 Å². The number of aromatic nitrogens is 4. The molecule has 2 aliphatic rings. The van der Waals surface area contributed by atoms with Crippen molar-refractivity contribution < 1.29 is 17.9 Å². The van der Waals surface area contributed by atoms with Gasteiger partial charge in [0, 0.05) is 19.7 Å². The second-order valence-corrected chi connectivity index (χ2v) is 9.23. The van der Waals surface area contributed by atoms with Gasteiger partial charge in [-0.3, -0.25) is 4.79 Å². The molecule has 0 bridgehead atoms. The first-order chi connectivity index (χ1) is 11.5. The third-order valence-electron chi connectivity index (χ3n) is 4.19. The SMILES string of the molecule is COCCN(C(=O)CSc1nnnn1C1CC1)[C@H]1CCS(=O)(=O)C1. The van der Waals surface area contributed by atoms with E-state index in [4.69, 9.17) is 4.74 Å². The normalized spacial score (nSPS) is 22.6. The number of nitrogens with zero attached hydrogens (tertiary/aromatic N) is 5. The number of carbonyl (C=O) groups excluding carboxylic acids is 1. The zero-order chi connectivity index (χ0) is 17.2. The number of amides is 1. The van der Waals surface area contributed by atoms with Crippen molar-refractivity contribution >= 4 is 27.5 Å². The largest absolute Gasteiger partial charge is 0.383 e. The van der Waals surface area contributed by atoms with E-state index in [9.17, 15) is 13.2 Å². The van der Waals surface area contributed by atoms with Gasteiger partial charge in [0.2, 0.25) is 11.1 Å². The summed E-state index contributed by atoms with van der Waals surface area (Å²) in [6.07, 6.45) is 2.61. The highest BCUT2D eigenvalue weighted by molar-refractivity contribution is 7.99. The van der Waals surface area contributed by atoms with Crippen molar-refractivity contribution in [2.75, 3.05) is 37.5 Å². The number of tetrazole rings is 1. The van der Waals surface area contributed by atoms with Crippen LogP contribution in [-0.2, 0) is 19.4 Å². The van der Waals surface area contributed by atoms with Crippen molar-refractivity contribution in [2.24, 2.45) is 0 Å². The molecule has 1 saturated heterocycles. The van der Waals surface area contributed by atoms with Crippen LogP contribution in [0.5, 0.6) is 0 Å². The molecule has 24 heavy (non-hydrogen) atoms. The molecule has 2 heterocycles. The quantitative estimate of drug-likeness (QED) is 0.573. The van der Waals surface area contributed by atoms with E-state index in [1.165, 1.54) is 11.8 Å². The van der Waals surface area contributed by atoms with Crippen LogP contribution in [0.1, 0.15) is 25.3 Å². The van der Waals surface area contributed by atoms with Crippen molar-refractivity contribution in [3.05, 3.63) is 0 Å². The van der Waals surface area contributed by atoms with Crippen molar-refractivity contribution in [3.8, 4) is 0 Å². The molecule has 9 nitrogen and oxygen atoms in total. The van der Waals surface area contributed by atoms with Gasteiger partial charge >= 0.3 is 0 Å². The van der Waals surface area contributed by atoms with Crippen LogP contribution < -0.4 is 0 Å². The first kappa shape index (κ1) is 17.6. The highest BCUT2D eigenvalue weighted by Gasteiger charge is 2.35. The number of carbonyl (C=O) groups is 1. The van der Waals surface area contributed by atoms with Gasteiger partial charge in [0.25, 0.3) is 0 Å². The summed E-state index contributed by atoms with van der Waals surface area (Å²) in [4.78, 5) is 14.2. The second-order valence-electron chi connectivity index (χ2n) is 6.06. The third-order valence-corrected chi connectivity index (χ3v) is 6.85. The fraction of sp³-hybridized carbons (Fsp3) is 0.846. The Bertz CT molecular complexity index is 688. The summed E-state index contributed by atoms with van der Waals surface area (Å²) in [6.45, 7) is 0.774. The molecule has 3 rings (SSSR count). The average Bonchev–Trinajstić information content (AvgIpc) is 3.17. The van der Waals surface area contributed by atoms with Gasteiger partial charge in [0.1, 0.15) is 0 Å². The zero-order valence-corrected chi connectivity index (χ0v) is 15.1. The molecule has 1 aromatic rings. The van der Waals surface area contributed by atoms with E-state index in [0.29, 0.717) is 30.8 Å². The molecule has 1 aliphatic heterocycles. The predicted molar refractivity (Wildman–Crippen MR) is 87.5 cm³/mol. The second kappa shape index (κ2) is 7.36. The summed E-state index contributed by atoms with van der Waals surface area (Å²) in [6, 6.07) is 0.0832. The lowest BCUT2D eigenvalue weighted by atomic mass is 10.2. The van der Waals surface area contributed by atoms with Crippen LogP contribution in [0.4, 0.5) is 0 Å². The molecule has 2 fully saturated rings. The summed E-state index contributed by atoms with van der Waals surface area (Å²) >= 11 is 1.30. The lowest BCUT2D eigenvalue weighted by molar-refractivity contribution is -0.130. The molecular weight excluding hydrogens is 354 g/mol. The maximum Gasteiger partial charge on any atom is 0.233 e. The highest BCUT2D eigenvalue weighted by atomic mass is 32.2. The Morgan fingerprint density at radius 1 is 1.42 bits per heavy atom. The summed E-state index contributed by atoms with van der Waals surface area (Å²) < 4.78 is 30.2. The Kier molecular flexibility index (Phi) is 5.40. The third kappa shape index (κ3) is 4.25. The number of sulfone groups is 1. The summed E-state index contributed by atoms with van der Waals surface area (Å²) in [7, 11) is -1.48. The minimum atomic E-state index is -3.04. The van der Waals surface area contributed by atoms with Gasteiger partial charge in [0.15, 0.2) is 9.84 Å². The van der Waals surface area contributed by atoms with Gasteiger partial charge in [-0.1, -0.05) is 11.8 Å². The van der Waals surface area contributed by atoms with Crippen molar-refractivity contribution in [1.82, 2.24) is 25.1 Å². The average molecular weight is 375 g/mol. The Morgan fingerprint density at radius 3 is 2.83 bits per heavy atom. The Balaban J connectivity index is 1.61. The molecule has 1 aliphatic carbocycles. The summed E-state index contributed by atoms with van der Waals surface area (Å²) in [5, 5.41) is 12.2. The van der Waals surface area contributed by atoms with Gasteiger partial charge < -0.3 is 9.64 Å². The first-order valence-corrected chi connectivity index (χ1v) is 10.7. The predicted octanol–water partition coefficient (Wildman–Crippen LogP) is -0.238. The van der Waals surface area contributed by atoms with Gasteiger partial charge in [-0.2, -0.15) is 0 Å². The maximum absolute atomic E-state index is 12.6. The topological polar surface area (TPSA) is 107 Å². The molecule has 0 spiro atoms. The Labute approximate surface area is 145 Å². The lowest BCUT2D eigenvalue weighted by Gasteiger charge is -2.27. The van der Waals surface area contributed by atoms with Crippen molar-refractivity contribution in [2.45, 2.75) is 36.5 Å². The van der Waals surface area contributed by atoms with E-state index in [1.807, 2.05) is 0 Å². The molecule has 0 N–H and O–H groups in total. The number of hydrogen-bond acceptors (Lipinski definition) is 8. The fourth-order valence-corrected chi connectivity index (χ4v) is 5.32. The Morgan fingerprint density at radius 2 is 2.21 bits per heavy atom. The van der Waals surface area contributed by atoms with E-state index in [2.05, 4.69) is 15.5 Å². The van der Waals surface area contributed by atoms with Crippen LogP contribution in [0.15, 0.2) is 5.16 Å². The van der Waals surface area contributed by atoms with Crippen molar-refractivity contribution in [1.29, 1.82) is 0 Å².